The molecule has 2 amide bonds. The van der Waals surface area contributed by atoms with Crippen molar-refractivity contribution in [1.29, 1.82) is 0 Å². The molecule has 0 spiro atoms. The number of rotatable bonds is 15. The van der Waals surface area contributed by atoms with E-state index in [1.54, 1.807) is 29.5 Å². The zero-order chi connectivity index (χ0) is 46.6. The molecule has 2 unspecified atom stereocenters. The maximum Gasteiger partial charge on any atom is 0.254 e. The van der Waals surface area contributed by atoms with Crippen LogP contribution in [0.4, 0.5) is 11.5 Å². The summed E-state index contributed by atoms with van der Waals surface area (Å²) in [6.07, 6.45) is 0.389. The quantitative estimate of drug-likeness (QED) is 0.0932. The summed E-state index contributed by atoms with van der Waals surface area (Å²) in [5, 5.41) is 40.6. The fourth-order valence-corrected chi connectivity index (χ4v) is 10.9. The number of anilines is 2. The molecular weight excluding hydrogens is 857 g/mol. The number of aromatic hydroxyl groups is 1. The predicted molar refractivity (Wildman–Crippen MR) is 256 cm³/mol. The number of likely N-dealkylation sites (tertiary alicyclic amines) is 2. The number of carbonyl (C=O) groups is 2. The van der Waals surface area contributed by atoms with E-state index in [2.05, 4.69) is 59.5 Å². The minimum Gasteiger partial charge on any atom is -0.507 e. The summed E-state index contributed by atoms with van der Waals surface area (Å²) in [7, 11) is 1.86. The van der Waals surface area contributed by atoms with Gasteiger partial charge in [-0.2, -0.15) is 0 Å². The van der Waals surface area contributed by atoms with Crippen LogP contribution in [0.15, 0.2) is 70.7 Å². The maximum absolute atomic E-state index is 14.3. The molecule has 7 atom stereocenters. The molecule has 16 nitrogen and oxygen atoms in total. The molecule has 6 heterocycles. The Morgan fingerprint density at radius 1 is 1.00 bits per heavy atom. The molecule has 2 aromatic carbocycles. The lowest BCUT2D eigenvalue weighted by Gasteiger charge is -2.48. The molecule has 3 aliphatic rings. The molecule has 3 fully saturated rings. The maximum atomic E-state index is 14.3. The third kappa shape index (κ3) is 10.2. The van der Waals surface area contributed by atoms with Gasteiger partial charge in [0, 0.05) is 76.5 Å². The number of nitrogens with one attached hydrogen (secondary N) is 2. The lowest BCUT2D eigenvalue weighted by Crippen LogP contribution is -2.59. The molecular formula is C49H64N10O6S. The van der Waals surface area contributed by atoms with Crippen molar-refractivity contribution in [3.05, 3.63) is 83.2 Å². The van der Waals surface area contributed by atoms with Crippen LogP contribution in [0.2, 0.25) is 0 Å². The van der Waals surface area contributed by atoms with E-state index >= 15 is 0 Å². The fourth-order valence-electron chi connectivity index (χ4n) is 10.1. The molecule has 3 saturated heterocycles. The molecule has 8 rings (SSSR count). The summed E-state index contributed by atoms with van der Waals surface area (Å²) in [4.78, 5) is 42.4. The number of hydrogen-bond donors (Lipinski definition) is 4. The van der Waals surface area contributed by atoms with Crippen molar-refractivity contribution in [3.8, 4) is 33.3 Å². The third-order valence-electron chi connectivity index (χ3n) is 13.6. The van der Waals surface area contributed by atoms with Crippen LogP contribution >= 0.6 is 11.3 Å². The third-order valence-corrected chi connectivity index (χ3v) is 14.6. The van der Waals surface area contributed by atoms with E-state index in [1.807, 2.05) is 82.7 Å². The molecule has 3 aromatic heterocycles. The Kier molecular flexibility index (Phi) is 14.6. The summed E-state index contributed by atoms with van der Waals surface area (Å²) in [6.45, 7) is 18.2. The van der Waals surface area contributed by atoms with Gasteiger partial charge in [-0.05, 0) is 80.1 Å². The summed E-state index contributed by atoms with van der Waals surface area (Å²) < 4.78 is 11.9. The lowest BCUT2D eigenvalue weighted by atomic mass is 9.91. The number of amides is 2. The molecule has 3 aliphatic heterocycles. The van der Waals surface area contributed by atoms with Crippen LogP contribution < -0.4 is 20.3 Å². The normalized spacial score (nSPS) is 22.7. The standard InChI is InChI=1S/C49H64N10O6S/c1-29(2)45(49(63)59-27-36(60)22-41(59)48(62)52-32(5)34-12-14-35(15-13-34)46-33(6)51-28-66-46)43-24-44(55-65-43)64-21-20-56-17-16-39(30(3)25-56)57-18-19-58(31(4)26-57)40-23-38(53-54-47(40)50-7)37-10-8-9-11-42(37)61/h8-15,23-24,28-32,36,39,41,45,60-61H,16-22,25-27H2,1-7H3,(H,50,54)(H,52,62)/t30?,31-,32-,36+,39?,41-,45+/m0/s1. The number of aryl methyl sites for hydroxylation is 1. The highest BCUT2D eigenvalue weighted by molar-refractivity contribution is 7.13. The second-order valence-corrected chi connectivity index (χ2v) is 19.4. The van der Waals surface area contributed by atoms with Gasteiger partial charge in [-0.15, -0.1) is 21.5 Å². The highest BCUT2D eigenvalue weighted by atomic mass is 32.1. The summed E-state index contributed by atoms with van der Waals surface area (Å²) in [5.74, 6) is 0.569. The molecule has 0 aliphatic carbocycles. The van der Waals surface area contributed by atoms with Crippen LogP contribution in [-0.2, 0) is 9.59 Å². The molecule has 5 aromatic rings. The number of aliphatic hydroxyl groups is 1. The van der Waals surface area contributed by atoms with Crippen LogP contribution in [-0.4, -0.2) is 141 Å². The van der Waals surface area contributed by atoms with Gasteiger partial charge < -0.3 is 39.9 Å². The molecule has 66 heavy (non-hydrogen) atoms. The van der Waals surface area contributed by atoms with Gasteiger partial charge in [0.1, 0.15) is 24.3 Å². The number of benzene rings is 2. The summed E-state index contributed by atoms with van der Waals surface area (Å²) in [6, 6.07) is 18.6. The van der Waals surface area contributed by atoms with E-state index in [0.717, 1.165) is 78.9 Å². The number of thiazole rings is 1. The van der Waals surface area contributed by atoms with Gasteiger partial charge in [0.25, 0.3) is 5.88 Å². The zero-order valence-electron chi connectivity index (χ0n) is 39.1. The van der Waals surface area contributed by atoms with Crippen molar-refractivity contribution >= 4 is 34.7 Å². The van der Waals surface area contributed by atoms with Crippen molar-refractivity contribution in [2.24, 2.45) is 11.8 Å². The van der Waals surface area contributed by atoms with Crippen molar-refractivity contribution in [1.82, 2.24) is 40.4 Å². The lowest BCUT2D eigenvalue weighted by molar-refractivity contribution is -0.141. The number of para-hydroxylation sites is 1. The number of aromatic nitrogens is 4. The van der Waals surface area contributed by atoms with Gasteiger partial charge in [-0.3, -0.25) is 19.4 Å². The molecule has 0 saturated carbocycles. The van der Waals surface area contributed by atoms with E-state index in [0.29, 0.717) is 41.5 Å². The van der Waals surface area contributed by atoms with Gasteiger partial charge in [0.05, 0.1) is 39.6 Å². The van der Waals surface area contributed by atoms with Gasteiger partial charge in [-0.1, -0.05) is 57.2 Å². The monoisotopic (exact) mass is 920 g/mol. The fraction of sp³-hybridized carbons (Fsp3) is 0.510. The highest BCUT2D eigenvalue weighted by Gasteiger charge is 2.44. The smallest absolute Gasteiger partial charge is 0.254 e. The summed E-state index contributed by atoms with van der Waals surface area (Å²) in [5.41, 5.74) is 7.11. The first kappa shape index (κ1) is 46.9. The molecule has 4 N–H and O–H groups in total. The van der Waals surface area contributed by atoms with Gasteiger partial charge >= 0.3 is 0 Å². The van der Waals surface area contributed by atoms with Crippen molar-refractivity contribution in [2.45, 2.75) is 90.6 Å². The van der Waals surface area contributed by atoms with Gasteiger partial charge in [0.2, 0.25) is 11.8 Å². The number of phenolic OH excluding ortho intramolecular Hbond substituents is 1. The number of ether oxygens (including phenoxy) is 1. The minimum atomic E-state index is -0.824. The first-order valence-electron chi connectivity index (χ1n) is 23.2. The van der Waals surface area contributed by atoms with E-state index in [9.17, 15) is 19.8 Å². The van der Waals surface area contributed by atoms with E-state index in [-0.39, 0.29) is 48.5 Å². The topological polar surface area (TPSA) is 186 Å². The average Bonchev–Trinajstić information content (AvgIpc) is 4.06. The SMILES string of the molecule is CNc1nnc(-c2ccccc2O)cc1N1CCN(C2CCN(CCOc3cc([C@H](C(=O)N4C[C@H](O)C[C@H]4C(=O)N[C@@H](C)c4ccc(-c5scnc5C)cc4)C(C)C)on3)CC2C)C[C@@H]1C. The number of β-amino-alcohol motifs (C(OH)–C–C–N with tert-alkyl or cyclic N) is 1. The molecule has 17 heteroatoms. The van der Waals surface area contributed by atoms with Crippen molar-refractivity contribution < 1.29 is 29.1 Å². The van der Waals surface area contributed by atoms with Crippen molar-refractivity contribution in [2.75, 3.05) is 69.7 Å². The Labute approximate surface area is 391 Å². The number of piperidine rings is 1. The first-order chi connectivity index (χ1) is 31.8. The first-order valence-corrected chi connectivity index (χ1v) is 24.1. The number of phenols is 1. The van der Waals surface area contributed by atoms with Gasteiger partial charge in [-0.25, -0.2) is 4.98 Å². The van der Waals surface area contributed by atoms with E-state index < -0.39 is 18.1 Å². The Bertz CT molecular complexity index is 2440. The molecule has 0 radical (unpaired) electrons. The Hall–Kier alpha value is -5.62. The predicted octanol–water partition coefficient (Wildman–Crippen LogP) is 6.19. The Morgan fingerprint density at radius 3 is 2.48 bits per heavy atom. The number of carbonyl (C=O) groups excluding carboxylic acids is 2. The van der Waals surface area contributed by atoms with Crippen LogP contribution in [0.25, 0.3) is 21.7 Å². The number of aliphatic hydroxyl groups excluding tert-OH is 1. The Morgan fingerprint density at radius 2 is 1.79 bits per heavy atom. The second-order valence-electron chi connectivity index (χ2n) is 18.6. The number of hydrogen-bond acceptors (Lipinski definition) is 15. The highest BCUT2D eigenvalue weighted by Crippen LogP contribution is 2.36. The van der Waals surface area contributed by atoms with E-state index in [1.165, 1.54) is 4.90 Å². The van der Waals surface area contributed by atoms with Crippen LogP contribution in [0.3, 0.4) is 0 Å². The number of piperazine rings is 1. The van der Waals surface area contributed by atoms with Gasteiger partial charge in [0.15, 0.2) is 11.6 Å². The molecule has 0 bridgehead atoms. The summed E-state index contributed by atoms with van der Waals surface area (Å²) >= 11 is 1.59. The molecule has 352 valence electrons. The Balaban J connectivity index is 0.817. The van der Waals surface area contributed by atoms with Crippen molar-refractivity contribution in [3.63, 3.8) is 0 Å². The van der Waals surface area contributed by atoms with Crippen LogP contribution in [0.5, 0.6) is 11.6 Å². The van der Waals surface area contributed by atoms with Crippen LogP contribution in [0, 0.1) is 18.8 Å². The second kappa shape index (κ2) is 20.5. The average molecular weight is 921 g/mol. The minimum absolute atomic E-state index is 0.0583. The van der Waals surface area contributed by atoms with E-state index in [4.69, 9.17) is 9.26 Å². The van der Waals surface area contributed by atoms with Crippen LogP contribution in [0.1, 0.15) is 76.4 Å². The zero-order valence-corrected chi connectivity index (χ0v) is 39.9. The number of nitrogens with zero attached hydrogens (tertiary/aromatic N) is 8. The largest absolute Gasteiger partial charge is 0.507 e.